The number of carbonyl (C=O) groups is 2. The first-order chi connectivity index (χ1) is 9.17. The zero-order valence-corrected chi connectivity index (χ0v) is 11.1. The van der Waals surface area contributed by atoms with Crippen LogP contribution in [0.2, 0.25) is 0 Å². The Bertz CT molecular complexity index is 432. The maximum absolute atomic E-state index is 11.7. The van der Waals surface area contributed by atoms with E-state index < -0.39 is 0 Å². The summed E-state index contributed by atoms with van der Waals surface area (Å²) in [7, 11) is 1.35. The molecule has 0 heterocycles. The van der Waals surface area contributed by atoms with Crippen LogP contribution in [-0.4, -0.2) is 25.5 Å². The molecule has 1 aromatic carbocycles. The fourth-order valence-electron chi connectivity index (χ4n) is 1.73. The molecule has 0 aliphatic heterocycles. The summed E-state index contributed by atoms with van der Waals surface area (Å²) >= 11 is 0. The maximum atomic E-state index is 11.7. The largest absolute Gasteiger partial charge is 0.469 e. The molecule has 19 heavy (non-hydrogen) atoms. The molecule has 1 aromatic rings. The quantitative estimate of drug-likeness (QED) is 0.562. The number of carbonyl (C=O) groups excluding carboxylic acids is 2. The minimum atomic E-state index is -0.261. The predicted octanol–water partition coefficient (Wildman–Crippen LogP) is 0.757. The van der Waals surface area contributed by atoms with Crippen LogP contribution in [0.1, 0.15) is 24.0 Å². The first kappa shape index (κ1) is 15.2. The van der Waals surface area contributed by atoms with Crippen molar-refractivity contribution in [3.8, 4) is 0 Å². The third-order valence-corrected chi connectivity index (χ3v) is 2.80. The zero-order valence-electron chi connectivity index (χ0n) is 11.1. The van der Waals surface area contributed by atoms with Gasteiger partial charge in [0.2, 0.25) is 5.91 Å². The molecule has 0 saturated carbocycles. The second-order valence-electron chi connectivity index (χ2n) is 4.18. The van der Waals surface area contributed by atoms with E-state index in [-0.39, 0.29) is 11.9 Å². The molecule has 0 aliphatic rings. The van der Waals surface area contributed by atoms with Crippen molar-refractivity contribution >= 4 is 11.9 Å². The second kappa shape index (κ2) is 8.26. The molecular formula is C14H20N2O3. The Morgan fingerprint density at radius 2 is 1.95 bits per heavy atom. The first-order valence-electron chi connectivity index (χ1n) is 6.27. The molecular weight excluding hydrogens is 244 g/mol. The average Bonchev–Trinajstić information content (AvgIpc) is 2.43. The van der Waals surface area contributed by atoms with E-state index in [0.717, 1.165) is 11.1 Å². The van der Waals surface area contributed by atoms with Gasteiger partial charge in [0.1, 0.15) is 0 Å². The van der Waals surface area contributed by atoms with Crippen LogP contribution in [0.5, 0.6) is 0 Å². The summed E-state index contributed by atoms with van der Waals surface area (Å²) in [5.74, 6) is -0.325. The van der Waals surface area contributed by atoms with Crippen LogP contribution in [0.4, 0.5) is 0 Å². The minimum absolute atomic E-state index is 0.0641. The molecule has 0 radical (unpaired) electrons. The molecule has 5 heteroatoms. The molecule has 0 saturated heterocycles. The van der Waals surface area contributed by atoms with E-state index in [0.29, 0.717) is 32.4 Å². The lowest BCUT2D eigenvalue weighted by Gasteiger charge is -2.08. The van der Waals surface area contributed by atoms with Crippen molar-refractivity contribution in [2.75, 3.05) is 13.7 Å². The molecule has 5 nitrogen and oxygen atoms in total. The van der Waals surface area contributed by atoms with Crippen LogP contribution in [0.3, 0.4) is 0 Å². The Balaban J connectivity index is 2.33. The lowest BCUT2D eigenvalue weighted by atomic mass is 10.0. The maximum Gasteiger partial charge on any atom is 0.305 e. The van der Waals surface area contributed by atoms with Gasteiger partial charge in [-0.05, 0) is 17.5 Å². The van der Waals surface area contributed by atoms with E-state index in [1.54, 1.807) is 0 Å². The lowest BCUT2D eigenvalue weighted by Crippen LogP contribution is -2.27. The Kier molecular flexibility index (Phi) is 6.60. The lowest BCUT2D eigenvalue weighted by molar-refractivity contribution is -0.140. The fourth-order valence-corrected chi connectivity index (χ4v) is 1.73. The standard InChI is InChI=1S/C14H20N2O3/c1-19-14(18)7-4-8-16-13(17)9-11-5-2-3-6-12(11)10-15/h2-3,5-6H,4,7-10,15H2,1H3,(H,16,17). The second-order valence-corrected chi connectivity index (χ2v) is 4.18. The third-order valence-electron chi connectivity index (χ3n) is 2.80. The van der Waals surface area contributed by atoms with Crippen molar-refractivity contribution in [3.63, 3.8) is 0 Å². The van der Waals surface area contributed by atoms with Crippen LogP contribution in [0, 0.1) is 0 Å². The van der Waals surface area contributed by atoms with Gasteiger partial charge in [0, 0.05) is 19.5 Å². The van der Waals surface area contributed by atoms with Crippen molar-refractivity contribution in [1.82, 2.24) is 5.32 Å². The van der Waals surface area contributed by atoms with Crippen LogP contribution in [0.25, 0.3) is 0 Å². The number of amides is 1. The highest BCUT2D eigenvalue weighted by Crippen LogP contribution is 2.08. The van der Waals surface area contributed by atoms with Crippen molar-refractivity contribution in [3.05, 3.63) is 35.4 Å². The van der Waals surface area contributed by atoms with Gasteiger partial charge < -0.3 is 15.8 Å². The Morgan fingerprint density at radius 1 is 1.26 bits per heavy atom. The van der Waals surface area contributed by atoms with E-state index in [9.17, 15) is 9.59 Å². The van der Waals surface area contributed by atoms with Gasteiger partial charge in [-0.3, -0.25) is 9.59 Å². The van der Waals surface area contributed by atoms with E-state index in [1.165, 1.54) is 7.11 Å². The van der Waals surface area contributed by atoms with Crippen LogP contribution in [0.15, 0.2) is 24.3 Å². The van der Waals surface area contributed by atoms with Crippen molar-refractivity contribution in [1.29, 1.82) is 0 Å². The van der Waals surface area contributed by atoms with E-state index >= 15 is 0 Å². The molecule has 0 spiro atoms. The summed E-state index contributed by atoms with van der Waals surface area (Å²) in [6.07, 6.45) is 1.21. The Hall–Kier alpha value is -1.88. The Labute approximate surface area is 113 Å². The highest BCUT2D eigenvalue weighted by atomic mass is 16.5. The summed E-state index contributed by atoms with van der Waals surface area (Å²) in [5, 5.41) is 2.77. The number of hydrogen-bond acceptors (Lipinski definition) is 4. The highest BCUT2D eigenvalue weighted by Gasteiger charge is 2.07. The number of methoxy groups -OCH3 is 1. The normalized spacial score (nSPS) is 10.0. The van der Waals surface area contributed by atoms with Gasteiger partial charge in [0.15, 0.2) is 0 Å². The third kappa shape index (κ3) is 5.52. The number of esters is 1. The van der Waals surface area contributed by atoms with Gasteiger partial charge in [-0.1, -0.05) is 24.3 Å². The Morgan fingerprint density at radius 3 is 2.58 bits per heavy atom. The average molecular weight is 264 g/mol. The summed E-state index contributed by atoms with van der Waals surface area (Å²) in [6.45, 7) is 0.893. The number of nitrogens with one attached hydrogen (secondary N) is 1. The topological polar surface area (TPSA) is 81.4 Å². The molecule has 3 N–H and O–H groups in total. The van der Waals surface area contributed by atoms with Gasteiger partial charge in [0.05, 0.1) is 13.5 Å². The van der Waals surface area contributed by atoms with Crippen LogP contribution >= 0.6 is 0 Å². The van der Waals surface area contributed by atoms with Gasteiger partial charge in [-0.25, -0.2) is 0 Å². The molecule has 104 valence electrons. The summed E-state index contributed by atoms with van der Waals surface area (Å²) in [5.41, 5.74) is 7.53. The van der Waals surface area contributed by atoms with Gasteiger partial charge >= 0.3 is 5.97 Å². The van der Waals surface area contributed by atoms with E-state index in [4.69, 9.17) is 5.73 Å². The van der Waals surface area contributed by atoms with Crippen molar-refractivity contribution < 1.29 is 14.3 Å². The molecule has 1 rings (SSSR count). The molecule has 0 fully saturated rings. The van der Waals surface area contributed by atoms with E-state index in [2.05, 4.69) is 10.1 Å². The number of hydrogen-bond donors (Lipinski definition) is 2. The van der Waals surface area contributed by atoms with Crippen molar-refractivity contribution in [2.45, 2.75) is 25.8 Å². The molecule has 0 bridgehead atoms. The monoisotopic (exact) mass is 264 g/mol. The van der Waals surface area contributed by atoms with Crippen LogP contribution in [-0.2, 0) is 27.3 Å². The number of rotatable bonds is 7. The van der Waals surface area contributed by atoms with Gasteiger partial charge in [-0.2, -0.15) is 0 Å². The summed E-state index contributed by atoms with van der Waals surface area (Å²) < 4.78 is 4.52. The molecule has 1 amide bonds. The first-order valence-corrected chi connectivity index (χ1v) is 6.27. The highest BCUT2D eigenvalue weighted by molar-refractivity contribution is 5.79. The van der Waals surface area contributed by atoms with Crippen molar-refractivity contribution in [2.24, 2.45) is 5.73 Å². The number of benzene rings is 1. The smallest absolute Gasteiger partial charge is 0.305 e. The van der Waals surface area contributed by atoms with Gasteiger partial charge in [-0.15, -0.1) is 0 Å². The zero-order chi connectivity index (χ0) is 14.1. The molecule has 0 atom stereocenters. The number of ether oxygens (including phenoxy) is 1. The number of nitrogens with two attached hydrogens (primary N) is 1. The predicted molar refractivity (Wildman–Crippen MR) is 72.3 cm³/mol. The van der Waals surface area contributed by atoms with Crippen LogP contribution < -0.4 is 11.1 Å². The molecule has 0 aromatic heterocycles. The molecule has 0 unspecified atom stereocenters. The minimum Gasteiger partial charge on any atom is -0.469 e. The van der Waals surface area contributed by atoms with Gasteiger partial charge in [0.25, 0.3) is 0 Å². The summed E-state index contributed by atoms with van der Waals surface area (Å²) in [6, 6.07) is 7.61. The SMILES string of the molecule is COC(=O)CCCNC(=O)Cc1ccccc1CN. The summed E-state index contributed by atoms with van der Waals surface area (Å²) in [4.78, 5) is 22.6. The van der Waals surface area contributed by atoms with E-state index in [1.807, 2.05) is 24.3 Å². The fraction of sp³-hybridized carbons (Fsp3) is 0.429. The molecule has 0 aliphatic carbocycles.